The number of rotatable bonds is 0. The molecule has 0 fully saturated rings. The topological polar surface area (TPSA) is 12.4 Å². The van der Waals surface area contributed by atoms with Gasteiger partial charge in [0.1, 0.15) is 0 Å². The largest absolute Gasteiger partial charge is 0.247 e. The van der Waals surface area contributed by atoms with Gasteiger partial charge in [-0.2, -0.15) is 0 Å². The van der Waals surface area contributed by atoms with E-state index in [0.717, 1.165) is 20.5 Å². The van der Waals surface area contributed by atoms with Gasteiger partial charge in [0.15, 0.2) is 0 Å². The van der Waals surface area contributed by atoms with Crippen molar-refractivity contribution < 1.29 is 0 Å². The summed E-state index contributed by atoms with van der Waals surface area (Å²) < 4.78 is 1.12. The van der Waals surface area contributed by atoms with Crippen LogP contribution in [0.2, 0.25) is 0 Å². The number of fused-ring (bicyclic) bond motifs is 2. The molecule has 0 amide bonds. The molecule has 1 atom stereocenters. The van der Waals surface area contributed by atoms with Gasteiger partial charge in [-0.15, -0.1) is 0 Å². The summed E-state index contributed by atoms with van der Waals surface area (Å²) in [5.74, 6) is 0. The standard InChI is InChI=1S/C12H8ClNS/c13-15-11-7-3-1-5-9(11)14-10-6-2-4-8-12(10)15/h1-8H. The van der Waals surface area contributed by atoms with Crippen molar-refractivity contribution in [3.8, 4) is 0 Å². The van der Waals surface area contributed by atoms with Gasteiger partial charge in [0.25, 0.3) is 0 Å². The van der Waals surface area contributed by atoms with Crippen molar-refractivity contribution in [2.24, 2.45) is 4.99 Å². The Morgan fingerprint density at radius 1 is 0.933 bits per heavy atom. The van der Waals surface area contributed by atoms with E-state index in [1.165, 1.54) is 0 Å². The Hall–Kier alpha value is -1.12. The molecule has 0 bridgehead atoms. The van der Waals surface area contributed by atoms with E-state index < -0.39 is 0 Å². The molecular weight excluding hydrogens is 226 g/mol. The number of hydrogen-bond donors (Lipinski definition) is 0. The van der Waals surface area contributed by atoms with Gasteiger partial charge in [-0.25, -0.2) is 4.99 Å². The molecule has 2 aromatic carbocycles. The van der Waals surface area contributed by atoms with Gasteiger partial charge in [-0.3, -0.25) is 0 Å². The van der Waals surface area contributed by atoms with Crippen molar-refractivity contribution >= 4 is 26.1 Å². The molecule has 0 aliphatic carbocycles. The van der Waals surface area contributed by atoms with Gasteiger partial charge >= 0.3 is 0 Å². The Balaban J connectivity index is 2.50. The summed E-state index contributed by atoms with van der Waals surface area (Å²) in [6.07, 6.45) is 0. The van der Waals surface area contributed by atoms with E-state index in [1.807, 2.05) is 48.5 Å². The summed E-state index contributed by atoms with van der Waals surface area (Å²) in [6, 6.07) is 16.1. The molecule has 0 saturated carbocycles. The Kier molecular flexibility index (Phi) is 2.11. The molecule has 0 spiro atoms. The quantitative estimate of drug-likeness (QED) is 0.616. The van der Waals surface area contributed by atoms with Crippen LogP contribution in [0.15, 0.2) is 58.4 Å². The first-order valence-corrected chi connectivity index (χ1v) is 6.72. The van der Waals surface area contributed by atoms with Crippen LogP contribution in [-0.4, -0.2) is 0 Å². The van der Waals surface area contributed by atoms with Gasteiger partial charge in [0, 0.05) is 9.41 Å². The third kappa shape index (κ3) is 1.41. The Morgan fingerprint density at radius 2 is 1.67 bits per heavy atom. The average molecular weight is 234 g/mol. The van der Waals surface area contributed by atoms with Crippen LogP contribution in [0.4, 0.5) is 5.69 Å². The molecule has 15 heavy (non-hydrogen) atoms. The fourth-order valence-corrected chi connectivity index (χ4v) is 3.66. The van der Waals surface area contributed by atoms with E-state index in [0.29, 0.717) is 0 Å². The van der Waals surface area contributed by atoms with Crippen molar-refractivity contribution in [3.05, 3.63) is 58.4 Å². The third-order valence-electron chi connectivity index (χ3n) is 2.36. The van der Waals surface area contributed by atoms with Crippen molar-refractivity contribution in [1.82, 2.24) is 0 Å². The molecule has 1 aliphatic heterocycles. The number of para-hydroxylation sites is 2. The van der Waals surface area contributed by atoms with E-state index >= 15 is 0 Å². The normalized spacial score (nSPS) is 17.5. The molecule has 1 unspecified atom stereocenters. The van der Waals surface area contributed by atoms with Crippen LogP contribution in [0, 0.1) is 4.51 Å². The number of halogens is 1. The van der Waals surface area contributed by atoms with E-state index in [1.54, 1.807) is 0 Å². The lowest BCUT2D eigenvalue weighted by molar-refractivity contribution is 1.25. The minimum Gasteiger partial charge on any atom is -0.247 e. The van der Waals surface area contributed by atoms with Gasteiger partial charge < -0.3 is 0 Å². The van der Waals surface area contributed by atoms with Gasteiger partial charge in [0.2, 0.25) is 0 Å². The van der Waals surface area contributed by atoms with Crippen LogP contribution in [-0.2, 0) is 0 Å². The summed E-state index contributed by atoms with van der Waals surface area (Å²) in [5.41, 5.74) is 0.995. The fourth-order valence-electron chi connectivity index (χ4n) is 1.65. The lowest BCUT2D eigenvalue weighted by Gasteiger charge is -2.09. The SMILES string of the molecule is ClS1=c2ccccc2=Nc2ccccc21. The molecular formula is C12H8ClNS. The second-order valence-electron chi connectivity index (χ2n) is 3.30. The fraction of sp³-hybridized carbons (Fsp3) is 0. The lowest BCUT2D eigenvalue weighted by atomic mass is 10.3. The van der Waals surface area contributed by atoms with Gasteiger partial charge in [-0.1, -0.05) is 34.0 Å². The third-order valence-corrected chi connectivity index (χ3v) is 4.82. The van der Waals surface area contributed by atoms with Crippen molar-refractivity contribution in [2.75, 3.05) is 0 Å². The second-order valence-corrected chi connectivity index (χ2v) is 5.62. The van der Waals surface area contributed by atoms with Crippen LogP contribution in [0.3, 0.4) is 0 Å². The summed E-state index contributed by atoms with van der Waals surface area (Å²) in [7, 11) is 6.08. The minimum atomic E-state index is -0.362. The molecule has 0 radical (unpaired) electrons. The zero-order valence-electron chi connectivity index (χ0n) is 7.85. The maximum absolute atomic E-state index is 6.45. The maximum atomic E-state index is 6.45. The predicted molar refractivity (Wildman–Crippen MR) is 64.2 cm³/mol. The molecule has 2 aromatic rings. The Labute approximate surface area is 94.5 Å². The highest BCUT2D eigenvalue weighted by Gasteiger charge is 2.08. The molecule has 74 valence electrons. The summed E-state index contributed by atoms with van der Waals surface area (Å²) in [5, 5.41) is 0.995. The monoisotopic (exact) mass is 233 g/mol. The molecule has 0 aromatic heterocycles. The summed E-state index contributed by atoms with van der Waals surface area (Å²) >= 11 is 0. The highest BCUT2D eigenvalue weighted by molar-refractivity contribution is 8.29. The first kappa shape index (κ1) is 9.13. The highest BCUT2D eigenvalue weighted by Crippen LogP contribution is 2.41. The lowest BCUT2D eigenvalue weighted by Crippen LogP contribution is -2.04. The first-order valence-electron chi connectivity index (χ1n) is 4.66. The summed E-state index contributed by atoms with van der Waals surface area (Å²) in [4.78, 5) is 5.70. The van der Waals surface area contributed by atoms with Crippen molar-refractivity contribution in [3.63, 3.8) is 0 Å². The van der Waals surface area contributed by atoms with Crippen molar-refractivity contribution in [1.29, 1.82) is 0 Å². The molecule has 3 heteroatoms. The Morgan fingerprint density at radius 3 is 2.60 bits per heavy atom. The van der Waals surface area contributed by atoms with Gasteiger partial charge in [0.05, 0.1) is 11.0 Å². The zero-order valence-corrected chi connectivity index (χ0v) is 9.42. The van der Waals surface area contributed by atoms with E-state index in [-0.39, 0.29) is 9.70 Å². The second kappa shape index (κ2) is 3.47. The smallest absolute Gasteiger partial charge is 0.0780 e. The van der Waals surface area contributed by atoms with E-state index in [4.69, 9.17) is 10.7 Å². The Bertz CT molecular complexity index is 649. The molecule has 3 rings (SSSR count). The van der Waals surface area contributed by atoms with Crippen LogP contribution >= 0.6 is 20.4 Å². The molecule has 0 saturated heterocycles. The van der Waals surface area contributed by atoms with E-state index in [9.17, 15) is 0 Å². The maximum Gasteiger partial charge on any atom is 0.0780 e. The van der Waals surface area contributed by atoms with Crippen LogP contribution in [0.1, 0.15) is 0 Å². The molecule has 1 nitrogen and oxygen atoms in total. The van der Waals surface area contributed by atoms with Crippen LogP contribution < -0.4 is 5.36 Å². The molecule has 1 heterocycles. The highest BCUT2D eigenvalue weighted by atomic mass is 35.7. The minimum absolute atomic E-state index is 0.362. The van der Waals surface area contributed by atoms with E-state index in [2.05, 4.69) is 4.99 Å². The van der Waals surface area contributed by atoms with Crippen LogP contribution in [0.5, 0.6) is 0 Å². The average Bonchev–Trinajstić information content (AvgIpc) is 2.30. The molecule has 0 N–H and O–H groups in total. The number of hydrogen-bond acceptors (Lipinski definition) is 1. The predicted octanol–water partition coefficient (Wildman–Crippen LogP) is 3.68. The molecule has 1 aliphatic rings. The zero-order chi connectivity index (χ0) is 10.3. The number of benzene rings is 2. The van der Waals surface area contributed by atoms with Gasteiger partial charge in [-0.05, 0) is 34.9 Å². The van der Waals surface area contributed by atoms with Crippen molar-refractivity contribution in [2.45, 2.75) is 4.90 Å². The summed E-state index contributed by atoms with van der Waals surface area (Å²) in [6.45, 7) is 0. The first-order chi connectivity index (χ1) is 7.36. The van der Waals surface area contributed by atoms with Crippen LogP contribution in [0.25, 0.3) is 0 Å². The number of nitrogens with zero attached hydrogens (tertiary/aromatic N) is 1.